The number of carbonyl (C=O) groups is 1. The molecule has 0 bridgehead atoms. The number of nitrogens with one attached hydrogen (secondary N) is 1. The number of likely N-dealkylation sites (N-methyl/N-ethyl adjacent to an activating group) is 2. The van der Waals surface area contributed by atoms with Gasteiger partial charge in [-0.05, 0) is 26.2 Å². The fourth-order valence-electron chi connectivity index (χ4n) is 1.58. The van der Waals surface area contributed by atoms with Crippen LogP contribution in [0.4, 0.5) is 0 Å². The quantitative estimate of drug-likeness (QED) is 0.677. The van der Waals surface area contributed by atoms with E-state index < -0.39 is 0 Å². The monoisotopic (exact) mass is 236 g/mol. The number of nitrogens with zero attached hydrogens (tertiary/aromatic N) is 2. The summed E-state index contributed by atoms with van der Waals surface area (Å²) in [6.07, 6.45) is 2.65. The lowest BCUT2D eigenvalue weighted by Gasteiger charge is -2.21. The van der Waals surface area contributed by atoms with Crippen molar-refractivity contribution in [1.29, 1.82) is 0 Å². The first-order valence-electron chi connectivity index (χ1n) is 5.68. The first-order valence-corrected chi connectivity index (χ1v) is 5.68. The fourth-order valence-corrected chi connectivity index (χ4v) is 1.58. The van der Waals surface area contributed by atoms with Crippen LogP contribution in [0.25, 0.3) is 0 Å². The maximum absolute atomic E-state index is 11.1. The first-order chi connectivity index (χ1) is 8.13. The molecular formula is C12H20N4O. The van der Waals surface area contributed by atoms with Crippen LogP contribution in [0.15, 0.2) is 24.4 Å². The zero-order valence-corrected chi connectivity index (χ0v) is 10.4. The standard InChI is InChI=1S/C12H20N4O/c1-14-11(12(13)17)9-16(2)8-6-10-5-3-4-7-15-10/h3-5,7,11,14H,6,8-9H2,1-2H3,(H2,13,17). The van der Waals surface area contributed by atoms with Gasteiger partial charge in [0.05, 0.1) is 6.04 Å². The summed E-state index contributed by atoms with van der Waals surface area (Å²) in [5, 5.41) is 2.90. The normalized spacial score (nSPS) is 12.6. The average Bonchev–Trinajstić information content (AvgIpc) is 2.34. The Morgan fingerprint density at radius 1 is 1.59 bits per heavy atom. The molecule has 0 radical (unpaired) electrons. The number of aromatic nitrogens is 1. The molecule has 5 heteroatoms. The van der Waals surface area contributed by atoms with Crippen LogP contribution < -0.4 is 11.1 Å². The minimum atomic E-state index is -0.322. The Bertz CT molecular complexity index is 342. The number of nitrogens with two attached hydrogens (primary N) is 1. The number of hydrogen-bond donors (Lipinski definition) is 2. The molecular weight excluding hydrogens is 216 g/mol. The van der Waals surface area contributed by atoms with E-state index >= 15 is 0 Å². The molecule has 0 aromatic carbocycles. The predicted molar refractivity (Wildman–Crippen MR) is 67.5 cm³/mol. The Morgan fingerprint density at radius 2 is 2.35 bits per heavy atom. The third-order valence-corrected chi connectivity index (χ3v) is 2.66. The van der Waals surface area contributed by atoms with E-state index in [1.54, 1.807) is 13.2 Å². The van der Waals surface area contributed by atoms with Crippen molar-refractivity contribution in [2.75, 3.05) is 27.2 Å². The summed E-state index contributed by atoms with van der Waals surface area (Å²) in [6.45, 7) is 1.46. The maximum atomic E-state index is 11.1. The van der Waals surface area contributed by atoms with Crippen LogP contribution in [0.1, 0.15) is 5.69 Å². The van der Waals surface area contributed by atoms with Crippen molar-refractivity contribution in [2.45, 2.75) is 12.5 Å². The molecule has 0 aliphatic rings. The van der Waals surface area contributed by atoms with Crippen molar-refractivity contribution in [1.82, 2.24) is 15.2 Å². The van der Waals surface area contributed by atoms with E-state index in [9.17, 15) is 4.79 Å². The van der Waals surface area contributed by atoms with Gasteiger partial charge in [0, 0.05) is 31.4 Å². The molecule has 1 heterocycles. The molecule has 1 atom stereocenters. The van der Waals surface area contributed by atoms with Gasteiger partial charge in [-0.2, -0.15) is 0 Å². The summed E-state index contributed by atoms with van der Waals surface area (Å²) < 4.78 is 0. The van der Waals surface area contributed by atoms with E-state index in [-0.39, 0.29) is 11.9 Å². The number of amides is 1. The van der Waals surface area contributed by atoms with Crippen LogP contribution in [0.5, 0.6) is 0 Å². The Hall–Kier alpha value is -1.46. The average molecular weight is 236 g/mol. The number of hydrogen-bond acceptors (Lipinski definition) is 4. The molecule has 1 rings (SSSR count). The largest absolute Gasteiger partial charge is 0.368 e. The zero-order valence-electron chi connectivity index (χ0n) is 10.4. The van der Waals surface area contributed by atoms with E-state index in [0.717, 1.165) is 18.7 Å². The van der Waals surface area contributed by atoms with Crippen molar-refractivity contribution in [3.63, 3.8) is 0 Å². The van der Waals surface area contributed by atoms with Gasteiger partial charge in [-0.25, -0.2) is 0 Å². The third-order valence-electron chi connectivity index (χ3n) is 2.66. The highest BCUT2D eigenvalue weighted by Crippen LogP contribution is 1.97. The van der Waals surface area contributed by atoms with Crippen LogP contribution in [0.3, 0.4) is 0 Å². The number of pyridine rings is 1. The van der Waals surface area contributed by atoms with Gasteiger partial charge < -0.3 is 16.0 Å². The SMILES string of the molecule is CNC(CN(C)CCc1ccccn1)C(N)=O. The van der Waals surface area contributed by atoms with Crippen molar-refractivity contribution < 1.29 is 4.79 Å². The maximum Gasteiger partial charge on any atom is 0.235 e. The number of primary amides is 1. The summed E-state index contributed by atoms with van der Waals surface area (Å²) in [7, 11) is 3.71. The minimum absolute atomic E-state index is 0.302. The predicted octanol–water partition coefficient (Wildman–Crippen LogP) is -0.371. The third kappa shape index (κ3) is 4.93. The van der Waals surface area contributed by atoms with Crippen molar-refractivity contribution in [2.24, 2.45) is 5.73 Å². The van der Waals surface area contributed by atoms with Crippen LogP contribution >= 0.6 is 0 Å². The molecule has 17 heavy (non-hydrogen) atoms. The van der Waals surface area contributed by atoms with E-state index in [4.69, 9.17) is 5.73 Å². The van der Waals surface area contributed by atoms with Crippen LogP contribution in [-0.4, -0.2) is 49.0 Å². The summed E-state index contributed by atoms with van der Waals surface area (Å²) in [5.74, 6) is -0.322. The van der Waals surface area contributed by atoms with Gasteiger partial charge in [-0.3, -0.25) is 9.78 Å². The van der Waals surface area contributed by atoms with E-state index in [1.807, 2.05) is 25.2 Å². The fraction of sp³-hybridized carbons (Fsp3) is 0.500. The van der Waals surface area contributed by atoms with E-state index in [2.05, 4.69) is 15.2 Å². The van der Waals surface area contributed by atoms with Crippen LogP contribution in [0, 0.1) is 0 Å². The lowest BCUT2D eigenvalue weighted by molar-refractivity contribution is -0.120. The van der Waals surface area contributed by atoms with Gasteiger partial charge >= 0.3 is 0 Å². The Kier molecular flexibility index (Phi) is 5.59. The molecule has 0 saturated carbocycles. The summed E-state index contributed by atoms with van der Waals surface area (Å²) in [5.41, 5.74) is 6.32. The molecule has 5 nitrogen and oxygen atoms in total. The highest BCUT2D eigenvalue weighted by molar-refractivity contribution is 5.80. The van der Waals surface area contributed by atoms with Crippen LogP contribution in [0.2, 0.25) is 0 Å². The summed E-state index contributed by atoms with van der Waals surface area (Å²) in [6, 6.07) is 5.57. The molecule has 0 spiro atoms. The number of rotatable bonds is 7. The lowest BCUT2D eigenvalue weighted by Crippen LogP contribution is -2.47. The molecule has 0 fully saturated rings. The molecule has 1 amide bonds. The first kappa shape index (κ1) is 13.6. The van der Waals surface area contributed by atoms with Gasteiger partial charge in [0.2, 0.25) is 5.91 Å². The molecule has 1 unspecified atom stereocenters. The zero-order chi connectivity index (χ0) is 12.7. The van der Waals surface area contributed by atoms with E-state index in [0.29, 0.717) is 6.54 Å². The van der Waals surface area contributed by atoms with Crippen LogP contribution in [-0.2, 0) is 11.2 Å². The molecule has 0 saturated heterocycles. The highest BCUT2D eigenvalue weighted by atomic mass is 16.1. The second kappa shape index (κ2) is 6.98. The summed E-state index contributed by atoms with van der Waals surface area (Å²) >= 11 is 0. The topological polar surface area (TPSA) is 71.2 Å². The van der Waals surface area contributed by atoms with Crippen molar-refractivity contribution in [3.8, 4) is 0 Å². The smallest absolute Gasteiger partial charge is 0.235 e. The lowest BCUT2D eigenvalue weighted by atomic mass is 10.2. The van der Waals surface area contributed by atoms with Gasteiger partial charge in [-0.1, -0.05) is 6.07 Å². The summed E-state index contributed by atoms with van der Waals surface area (Å²) in [4.78, 5) is 17.4. The Labute approximate surface area is 102 Å². The number of carbonyl (C=O) groups excluding carboxylic acids is 1. The second-order valence-electron chi connectivity index (χ2n) is 4.08. The van der Waals surface area contributed by atoms with Gasteiger partial charge in [-0.15, -0.1) is 0 Å². The molecule has 1 aromatic rings. The van der Waals surface area contributed by atoms with Crippen molar-refractivity contribution in [3.05, 3.63) is 30.1 Å². The minimum Gasteiger partial charge on any atom is -0.368 e. The Balaban J connectivity index is 2.34. The van der Waals surface area contributed by atoms with Crippen molar-refractivity contribution >= 4 is 5.91 Å². The highest BCUT2D eigenvalue weighted by Gasteiger charge is 2.14. The Morgan fingerprint density at radius 3 is 2.88 bits per heavy atom. The second-order valence-corrected chi connectivity index (χ2v) is 4.08. The van der Waals surface area contributed by atoms with Gasteiger partial charge in [0.15, 0.2) is 0 Å². The van der Waals surface area contributed by atoms with Gasteiger partial charge in [0.25, 0.3) is 0 Å². The molecule has 94 valence electrons. The molecule has 1 aromatic heterocycles. The molecule has 0 aliphatic heterocycles. The van der Waals surface area contributed by atoms with Gasteiger partial charge in [0.1, 0.15) is 0 Å². The molecule has 0 aliphatic carbocycles. The van der Waals surface area contributed by atoms with E-state index in [1.165, 1.54) is 0 Å². The molecule has 3 N–H and O–H groups in total.